The molecule has 0 saturated heterocycles. The topological polar surface area (TPSA) is 42.0 Å². The minimum absolute atomic E-state index is 0.214. The Labute approximate surface area is 112 Å². The second-order valence-electron chi connectivity index (χ2n) is 3.35. The van der Waals surface area contributed by atoms with Crippen LogP contribution in [0.2, 0.25) is 10.0 Å². The smallest absolute Gasteiger partial charge is 0.267 e. The van der Waals surface area contributed by atoms with Crippen LogP contribution in [-0.4, -0.2) is 10.9 Å². The van der Waals surface area contributed by atoms with Crippen molar-refractivity contribution in [3.8, 4) is 0 Å². The zero-order valence-corrected chi connectivity index (χ0v) is 11.2. The molecule has 0 aliphatic carbocycles. The number of anilines is 1. The average molecular weight is 287 g/mol. The highest BCUT2D eigenvalue weighted by molar-refractivity contribution is 7.12. The van der Waals surface area contributed by atoms with E-state index in [0.29, 0.717) is 26.3 Å². The number of aromatic nitrogens is 1. The molecule has 0 fully saturated rings. The first-order valence-corrected chi connectivity index (χ1v) is 6.38. The predicted molar refractivity (Wildman–Crippen MR) is 71.3 cm³/mol. The number of carbonyl (C=O) groups is 1. The molecule has 0 atom stereocenters. The van der Waals surface area contributed by atoms with Crippen molar-refractivity contribution < 1.29 is 4.79 Å². The SMILES string of the molecule is Cc1ncsc1C(=O)Nc1ccc(Cl)cc1Cl. The lowest BCUT2D eigenvalue weighted by Gasteiger charge is -2.06. The summed E-state index contributed by atoms with van der Waals surface area (Å²) in [6, 6.07) is 4.92. The van der Waals surface area contributed by atoms with Gasteiger partial charge in [-0.3, -0.25) is 4.79 Å². The van der Waals surface area contributed by atoms with E-state index < -0.39 is 0 Å². The first kappa shape index (κ1) is 12.4. The van der Waals surface area contributed by atoms with Crippen LogP contribution >= 0.6 is 34.5 Å². The van der Waals surface area contributed by atoms with Gasteiger partial charge in [-0.05, 0) is 25.1 Å². The van der Waals surface area contributed by atoms with Gasteiger partial charge in [-0.25, -0.2) is 4.98 Å². The van der Waals surface area contributed by atoms with E-state index in [9.17, 15) is 4.79 Å². The van der Waals surface area contributed by atoms with Gasteiger partial charge in [0.1, 0.15) is 4.88 Å². The van der Waals surface area contributed by atoms with Crippen molar-refractivity contribution in [1.82, 2.24) is 4.98 Å². The summed E-state index contributed by atoms with van der Waals surface area (Å²) in [7, 11) is 0. The van der Waals surface area contributed by atoms with E-state index in [0.717, 1.165) is 0 Å². The molecule has 2 aromatic rings. The Kier molecular flexibility index (Phi) is 3.66. The Morgan fingerprint density at radius 2 is 2.18 bits per heavy atom. The van der Waals surface area contributed by atoms with Gasteiger partial charge >= 0.3 is 0 Å². The summed E-state index contributed by atoms with van der Waals surface area (Å²) in [4.78, 5) is 16.5. The van der Waals surface area contributed by atoms with E-state index >= 15 is 0 Å². The number of halogens is 2. The van der Waals surface area contributed by atoms with Crippen LogP contribution < -0.4 is 5.32 Å². The zero-order valence-electron chi connectivity index (χ0n) is 8.83. The molecule has 3 nitrogen and oxygen atoms in total. The van der Waals surface area contributed by atoms with Crippen molar-refractivity contribution in [3.63, 3.8) is 0 Å². The molecule has 1 N–H and O–H groups in total. The Balaban J connectivity index is 2.22. The molecule has 17 heavy (non-hydrogen) atoms. The van der Waals surface area contributed by atoms with Crippen LogP contribution in [0.1, 0.15) is 15.4 Å². The molecule has 0 unspecified atom stereocenters. The monoisotopic (exact) mass is 286 g/mol. The third kappa shape index (κ3) is 2.77. The molecule has 0 radical (unpaired) electrons. The van der Waals surface area contributed by atoms with E-state index in [-0.39, 0.29) is 5.91 Å². The summed E-state index contributed by atoms with van der Waals surface area (Å²) in [5, 5.41) is 3.66. The zero-order chi connectivity index (χ0) is 12.4. The fourth-order valence-corrected chi connectivity index (χ4v) is 2.44. The summed E-state index contributed by atoms with van der Waals surface area (Å²) < 4.78 is 0. The van der Waals surface area contributed by atoms with Gasteiger partial charge in [-0.2, -0.15) is 0 Å². The first-order valence-electron chi connectivity index (χ1n) is 4.74. The van der Waals surface area contributed by atoms with Gasteiger partial charge in [0, 0.05) is 5.02 Å². The highest BCUT2D eigenvalue weighted by Gasteiger charge is 2.13. The molecular weight excluding hydrogens is 279 g/mol. The largest absolute Gasteiger partial charge is 0.320 e. The van der Waals surface area contributed by atoms with Crippen LogP contribution in [0.4, 0.5) is 5.69 Å². The second-order valence-corrected chi connectivity index (χ2v) is 5.04. The molecule has 2 rings (SSSR count). The summed E-state index contributed by atoms with van der Waals surface area (Å²) in [5.41, 5.74) is 2.87. The summed E-state index contributed by atoms with van der Waals surface area (Å²) >= 11 is 13.0. The lowest BCUT2D eigenvalue weighted by molar-refractivity contribution is 0.103. The number of rotatable bonds is 2. The van der Waals surface area contributed by atoms with Crippen molar-refractivity contribution in [2.75, 3.05) is 5.32 Å². The number of nitrogens with one attached hydrogen (secondary N) is 1. The maximum Gasteiger partial charge on any atom is 0.267 e. The van der Waals surface area contributed by atoms with Crippen molar-refractivity contribution in [2.45, 2.75) is 6.92 Å². The normalized spacial score (nSPS) is 10.3. The third-order valence-corrected chi connectivity index (χ3v) is 3.61. The molecule has 0 aliphatic rings. The number of carbonyl (C=O) groups excluding carboxylic acids is 1. The molecule has 1 aromatic carbocycles. The van der Waals surface area contributed by atoms with Gasteiger partial charge in [-0.15, -0.1) is 11.3 Å². The molecule has 0 aliphatic heterocycles. The second kappa shape index (κ2) is 5.04. The Hall–Kier alpha value is -1.10. The predicted octanol–water partition coefficient (Wildman–Crippen LogP) is 4.01. The van der Waals surface area contributed by atoms with Crippen LogP contribution in [0.3, 0.4) is 0 Å². The number of aryl methyl sites for hydroxylation is 1. The molecular formula is C11H8Cl2N2OS. The fraction of sp³-hybridized carbons (Fsp3) is 0.0909. The highest BCUT2D eigenvalue weighted by atomic mass is 35.5. The first-order chi connectivity index (χ1) is 8.08. The summed E-state index contributed by atoms with van der Waals surface area (Å²) in [6.07, 6.45) is 0. The number of thiazole rings is 1. The third-order valence-electron chi connectivity index (χ3n) is 2.13. The minimum Gasteiger partial charge on any atom is -0.320 e. The quantitative estimate of drug-likeness (QED) is 0.906. The maximum absolute atomic E-state index is 11.9. The molecule has 0 bridgehead atoms. The molecule has 88 valence electrons. The molecule has 1 amide bonds. The van der Waals surface area contributed by atoms with Gasteiger partial charge in [-0.1, -0.05) is 23.2 Å². The van der Waals surface area contributed by atoms with Crippen LogP contribution in [0.25, 0.3) is 0 Å². The highest BCUT2D eigenvalue weighted by Crippen LogP contribution is 2.26. The summed E-state index contributed by atoms with van der Waals surface area (Å²) in [5.74, 6) is -0.214. The van der Waals surface area contributed by atoms with Gasteiger partial charge in [0.15, 0.2) is 0 Å². The van der Waals surface area contributed by atoms with E-state index in [1.165, 1.54) is 11.3 Å². The van der Waals surface area contributed by atoms with Gasteiger partial charge in [0.25, 0.3) is 5.91 Å². The van der Waals surface area contributed by atoms with E-state index in [1.807, 2.05) is 0 Å². The number of hydrogen-bond acceptors (Lipinski definition) is 3. The van der Waals surface area contributed by atoms with Crippen LogP contribution in [0, 0.1) is 6.92 Å². The van der Waals surface area contributed by atoms with E-state index in [4.69, 9.17) is 23.2 Å². The number of amides is 1. The maximum atomic E-state index is 11.9. The summed E-state index contributed by atoms with van der Waals surface area (Å²) in [6.45, 7) is 1.79. The van der Waals surface area contributed by atoms with E-state index in [1.54, 1.807) is 30.6 Å². The Morgan fingerprint density at radius 1 is 1.41 bits per heavy atom. The minimum atomic E-state index is -0.214. The lowest BCUT2D eigenvalue weighted by atomic mass is 10.3. The number of benzene rings is 1. The van der Waals surface area contributed by atoms with Crippen molar-refractivity contribution in [1.29, 1.82) is 0 Å². The van der Waals surface area contributed by atoms with Crippen molar-refractivity contribution in [3.05, 3.63) is 44.3 Å². The van der Waals surface area contributed by atoms with E-state index in [2.05, 4.69) is 10.3 Å². The van der Waals surface area contributed by atoms with Crippen LogP contribution in [0.5, 0.6) is 0 Å². The lowest BCUT2D eigenvalue weighted by Crippen LogP contribution is -2.11. The van der Waals surface area contributed by atoms with Gasteiger partial charge in [0.05, 0.1) is 21.9 Å². The van der Waals surface area contributed by atoms with Gasteiger partial charge < -0.3 is 5.32 Å². The number of hydrogen-bond donors (Lipinski definition) is 1. The fourth-order valence-electron chi connectivity index (χ4n) is 1.29. The molecule has 0 spiro atoms. The Morgan fingerprint density at radius 3 is 2.76 bits per heavy atom. The van der Waals surface area contributed by atoms with Crippen molar-refractivity contribution in [2.24, 2.45) is 0 Å². The number of nitrogens with zero attached hydrogens (tertiary/aromatic N) is 1. The molecule has 0 saturated carbocycles. The van der Waals surface area contributed by atoms with Crippen molar-refractivity contribution >= 4 is 46.1 Å². The Bertz CT molecular complexity index is 568. The molecule has 1 aromatic heterocycles. The van der Waals surface area contributed by atoms with Gasteiger partial charge in [0.2, 0.25) is 0 Å². The van der Waals surface area contributed by atoms with Crippen LogP contribution in [-0.2, 0) is 0 Å². The molecule has 1 heterocycles. The standard InChI is InChI=1S/C11H8Cl2N2OS/c1-6-10(17-5-14-6)11(16)15-9-3-2-7(12)4-8(9)13/h2-5H,1H3,(H,15,16). The molecule has 6 heteroatoms. The van der Waals surface area contributed by atoms with Crippen LogP contribution in [0.15, 0.2) is 23.7 Å². The average Bonchev–Trinajstić information content (AvgIpc) is 2.68.